The lowest BCUT2D eigenvalue weighted by Gasteiger charge is -1.94. The van der Waals surface area contributed by atoms with Crippen molar-refractivity contribution >= 4 is 33.5 Å². The highest BCUT2D eigenvalue weighted by atomic mass is 35.5. The Morgan fingerprint density at radius 1 is 0.933 bits per heavy atom. The average Bonchev–Trinajstić information content (AvgIpc) is 2.58. The van der Waals surface area contributed by atoms with Crippen LogP contribution >= 0.6 is 11.6 Å². The Hall–Kier alpha value is -1.67. The third kappa shape index (κ3) is 1.12. The first kappa shape index (κ1) is 8.62. The van der Waals surface area contributed by atoms with E-state index in [1.54, 1.807) is 18.2 Å². The zero-order chi connectivity index (χ0) is 10.4. The Morgan fingerprint density at radius 2 is 1.60 bits per heavy atom. The molecule has 0 spiro atoms. The maximum Gasteiger partial charge on any atom is 0.139 e. The third-order valence-corrected chi connectivity index (χ3v) is 2.76. The van der Waals surface area contributed by atoms with E-state index < -0.39 is 0 Å². The summed E-state index contributed by atoms with van der Waals surface area (Å²) in [5.41, 5.74) is 1.34. The number of phenols is 1. The molecule has 0 saturated heterocycles. The summed E-state index contributed by atoms with van der Waals surface area (Å²) in [6.45, 7) is 0. The maximum atomic E-state index is 9.76. The Kier molecular flexibility index (Phi) is 1.67. The van der Waals surface area contributed by atoms with Gasteiger partial charge in [0.15, 0.2) is 0 Å². The van der Waals surface area contributed by atoms with Gasteiger partial charge in [-0.05, 0) is 24.3 Å². The molecule has 0 saturated carbocycles. The second-order valence-corrected chi connectivity index (χ2v) is 3.77. The summed E-state index contributed by atoms with van der Waals surface area (Å²) in [6, 6.07) is 10.6. The molecule has 0 aliphatic carbocycles. The number of phenolic OH excluding ortho intramolecular Hbond substituents is 1. The van der Waals surface area contributed by atoms with E-state index in [1.807, 2.05) is 18.2 Å². The number of hydrogen-bond donors (Lipinski definition) is 1. The largest absolute Gasteiger partial charge is 0.507 e. The number of hydrogen-bond acceptors (Lipinski definition) is 2. The van der Waals surface area contributed by atoms with Crippen LogP contribution in [0, 0.1) is 0 Å². The van der Waals surface area contributed by atoms with Gasteiger partial charge in [0, 0.05) is 0 Å². The maximum absolute atomic E-state index is 9.76. The molecule has 0 aliphatic rings. The summed E-state index contributed by atoms with van der Waals surface area (Å²) in [4.78, 5) is 0. The van der Waals surface area contributed by atoms with E-state index in [2.05, 4.69) is 0 Å². The van der Waals surface area contributed by atoms with Crippen molar-refractivity contribution in [3.8, 4) is 5.75 Å². The molecule has 1 N–H and O–H groups in total. The topological polar surface area (TPSA) is 33.4 Å². The van der Waals surface area contributed by atoms with E-state index >= 15 is 0 Å². The fourth-order valence-electron chi connectivity index (χ4n) is 1.81. The van der Waals surface area contributed by atoms with Crippen LogP contribution in [0.4, 0.5) is 0 Å². The lowest BCUT2D eigenvalue weighted by atomic mass is 10.1. The molecule has 0 atom stereocenters. The van der Waals surface area contributed by atoms with Gasteiger partial charge < -0.3 is 9.52 Å². The minimum Gasteiger partial charge on any atom is -0.507 e. The molecule has 1 heterocycles. The summed E-state index contributed by atoms with van der Waals surface area (Å²) in [7, 11) is 0. The molecule has 0 aliphatic heterocycles. The molecule has 0 radical (unpaired) electrons. The van der Waals surface area contributed by atoms with Gasteiger partial charge in [-0.3, -0.25) is 0 Å². The van der Waals surface area contributed by atoms with Crippen molar-refractivity contribution in [3.05, 3.63) is 41.4 Å². The van der Waals surface area contributed by atoms with Gasteiger partial charge in [0.25, 0.3) is 0 Å². The van der Waals surface area contributed by atoms with Crippen LogP contribution in [0.2, 0.25) is 5.02 Å². The van der Waals surface area contributed by atoms with Crippen LogP contribution in [0.1, 0.15) is 0 Å². The van der Waals surface area contributed by atoms with Crippen LogP contribution in [0.3, 0.4) is 0 Å². The molecular weight excluding hydrogens is 212 g/mol. The van der Waals surface area contributed by atoms with Crippen molar-refractivity contribution in [2.75, 3.05) is 0 Å². The van der Waals surface area contributed by atoms with Gasteiger partial charge in [-0.1, -0.05) is 23.7 Å². The van der Waals surface area contributed by atoms with Crippen molar-refractivity contribution in [2.45, 2.75) is 0 Å². The second kappa shape index (κ2) is 2.91. The monoisotopic (exact) mass is 218 g/mol. The van der Waals surface area contributed by atoms with Crippen molar-refractivity contribution in [2.24, 2.45) is 0 Å². The first-order valence-corrected chi connectivity index (χ1v) is 4.94. The summed E-state index contributed by atoms with van der Waals surface area (Å²) in [5, 5.41) is 11.8. The Bertz CT molecular complexity index is 599. The summed E-state index contributed by atoms with van der Waals surface area (Å²) >= 11 is 6.08. The molecule has 0 amide bonds. The SMILES string of the molecule is Oc1cccc2oc3cccc(Cl)c3c12. The number of halogens is 1. The van der Waals surface area contributed by atoms with Gasteiger partial charge in [0.1, 0.15) is 16.9 Å². The van der Waals surface area contributed by atoms with Gasteiger partial charge >= 0.3 is 0 Å². The molecule has 0 bridgehead atoms. The minimum atomic E-state index is 0.194. The molecule has 3 rings (SSSR count). The molecule has 1 aromatic heterocycles. The third-order valence-electron chi connectivity index (χ3n) is 2.45. The number of fused-ring (bicyclic) bond motifs is 3. The molecule has 74 valence electrons. The highest BCUT2D eigenvalue weighted by Gasteiger charge is 2.12. The number of benzene rings is 2. The van der Waals surface area contributed by atoms with Crippen LogP contribution < -0.4 is 0 Å². The van der Waals surface area contributed by atoms with Crippen LogP contribution in [0.5, 0.6) is 5.75 Å². The van der Waals surface area contributed by atoms with Gasteiger partial charge in [-0.15, -0.1) is 0 Å². The quantitative estimate of drug-likeness (QED) is 0.620. The Labute approximate surface area is 90.7 Å². The summed E-state index contributed by atoms with van der Waals surface area (Å²) in [6.07, 6.45) is 0. The first-order chi connectivity index (χ1) is 7.27. The van der Waals surface area contributed by atoms with Gasteiger partial charge in [0.05, 0.1) is 15.8 Å². The predicted molar refractivity (Wildman–Crippen MR) is 60.4 cm³/mol. The van der Waals surface area contributed by atoms with Crippen LogP contribution in [-0.2, 0) is 0 Å². The van der Waals surface area contributed by atoms with E-state index in [4.69, 9.17) is 16.0 Å². The summed E-state index contributed by atoms with van der Waals surface area (Å²) < 4.78 is 5.57. The van der Waals surface area contributed by atoms with E-state index in [1.165, 1.54) is 0 Å². The second-order valence-electron chi connectivity index (χ2n) is 3.37. The van der Waals surface area contributed by atoms with Crippen LogP contribution in [0.15, 0.2) is 40.8 Å². The lowest BCUT2D eigenvalue weighted by Crippen LogP contribution is -1.70. The van der Waals surface area contributed by atoms with E-state index in [-0.39, 0.29) is 5.75 Å². The highest BCUT2D eigenvalue weighted by Crippen LogP contribution is 2.38. The van der Waals surface area contributed by atoms with E-state index in [9.17, 15) is 5.11 Å². The fourth-order valence-corrected chi connectivity index (χ4v) is 2.07. The average molecular weight is 219 g/mol. The Balaban J connectivity index is 2.67. The molecule has 2 aromatic carbocycles. The zero-order valence-electron chi connectivity index (χ0n) is 7.70. The lowest BCUT2D eigenvalue weighted by molar-refractivity contribution is 0.481. The molecule has 0 fully saturated rings. The first-order valence-electron chi connectivity index (χ1n) is 4.56. The minimum absolute atomic E-state index is 0.194. The van der Waals surface area contributed by atoms with Gasteiger partial charge in [0.2, 0.25) is 0 Å². The van der Waals surface area contributed by atoms with Crippen molar-refractivity contribution in [1.82, 2.24) is 0 Å². The molecule has 3 heteroatoms. The van der Waals surface area contributed by atoms with Crippen molar-refractivity contribution in [1.29, 1.82) is 0 Å². The molecule has 2 nitrogen and oxygen atoms in total. The molecule has 3 aromatic rings. The van der Waals surface area contributed by atoms with E-state index in [0.717, 1.165) is 5.39 Å². The van der Waals surface area contributed by atoms with Crippen molar-refractivity contribution < 1.29 is 9.52 Å². The summed E-state index contributed by atoms with van der Waals surface area (Å²) in [5.74, 6) is 0.194. The Morgan fingerprint density at radius 3 is 2.40 bits per heavy atom. The van der Waals surface area contributed by atoms with Gasteiger partial charge in [-0.25, -0.2) is 0 Å². The number of aromatic hydroxyl groups is 1. The number of rotatable bonds is 0. The standard InChI is InChI=1S/C12H7ClO2/c13-7-3-1-5-9-11(7)12-8(14)4-2-6-10(12)15-9/h1-6,14H. The molecular formula is C12H7ClO2. The fraction of sp³-hybridized carbons (Fsp3) is 0. The van der Waals surface area contributed by atoms with Gasteiger partial charge in [-0.2, -0.15) is 0 Å². The zero-order valence-corrected chi connectivity index (χ0v) is 8.45. The molecule has 0 unspecified atom stereocenters. The van der Waals surface area contributed by atoms with Crippen molar-refractivity contribution in [3.63, 3.8) is 0 Å². The number of furan rings is 1. The molecule has 15 heavy (non-hydrogen) atoms. The smallest absolute Gasteiger partial charge is 0.139 e. The predicted octanol–water partition coefficient (Wildman–Crippen LogP) is 3.95. The van der Waals surface area contributed by atoms with Crippen LogP contribution in [-0.4, -0.2) is 5.11 Å². The normalized spacial score (nSPS) is 11.3. The van der Waals surface area contributed by atoms with Crippen LogP contribution in [0.25, 0.3) is 21.9 Å². The highest BCUT2D eigenvalue weighted by molar-refractivity contribution is 6.38. The van der Waals surface area contributed by atoms with E-state index in [0.29, 0.717) is 21.6 Å².